The van der Waals surface area contributed by atoms with Crippen LogP contribution in [-0.4, -0.2) is 80.4 Å². The molecule has 0 aliphatic heterocycles. The smallest absolute Gasteiger partial charge is 0.408 e. The molecule has 0 bridgehead atoms. The van der Waals surface area contributed by atoms with Gasteiger partial charge in [0.05, 0.1) is 13.7 Å². The van der Waals surface area contributed by atoms with Gasteiger partial charge < -0.3 is 30.2 Å². The number of rotatable bonds is 15. The van der Waals surface area contributed by atoms with Crippen molar-refractivity contribution < 1.29 is 38.2 Å². The van der Waals surface area contributed by atoms with Crippen molar-refractivity contribution in [3.8, 4) is 0 Å². The second-order valence-corrected chi connectivity index (χ2v) is 20.0. The van der Waals surface area contributed by atoms with E-state index in [2.05, 4.69) is 35.6 Å². The third kappa shape index (κ3) is 16.9. The van der Waals surface area contributed by atoms with Crippen molar-refractivity contribution in [3.05, 3.63) is 34.9 Å². The fraction of sp³-hybridized carbons (Fsp3) is 0.633. The van der Waals surface area contributed by atoms with Gasteiger partial charge in [0.25, 0.3) is 0 Å². The molecule has 0 aliphatic rings. The lowest BCUT2D eigenvalue weighted by Gasteiger charge is -2.27. The molecule has 0 saturated heterocycles. The van der Waals surface area contributed by atoms with E-state index < -0.39 is 61.0 Å². The standard InChI is InChI=1S/C30H48ClN3O8SSi/c1-19(2)16-22(25(35)33-24(27(37)40-6)18-43-29(39)41-14-15-44(7,8)9)32-26(36)23(34-28(38)42-30(3,4)5)17-20-10-12-21(31)13-11-20/h10-13,19,22-24H,14-18H2,1-9H3,(H,32,36)(H,33,35)(H,34,38)/t22-,23-,24-/m0/s1. The van der Waals surface area contributed by atoms with Crippen LogP contribution in [0.3, 0.4) is 0 Å². The van der Waals surface area contributed by atoms with Gasteiger partial charge in [-0.1, -0.05) is 57.2 Å². The maximum atomic E-state index is 13.5. The zero-order chi connectivity index (χ0) is 33.7. The molecule has 3 amide bonds. The molecule has 0 heterocycles. The van der Waals surface area contributed by atoms with Crippen molar-refractivity contribution in [2.45, 2.75) is 96.9 Å². The van der Waals surface area contributed by atoms with Crippen LogP contribution in [0.5, 0.6) is 0 Å². The van der Waals surface area contributed by atoms with Gasteiger partial charge in [0.1, 0.15) is 23.7 Å². The van der Waals surface area contributed by atoms with E-state index >= 15 is 0 Å². The second-order valence-electron chi connectivity index (χ2n) is 13.0. The van der Waals surface area contributed by atoms with Crippen molar-refractivity contribution >= 4 is 60.6 Å². The van der Waals surface area contributed by atoms with E-state index in [-0.39, 0.29) is 31.1 Å². The summed E-state index contributed by atoms with van der Waals surface area (Å²) >= 11 is 6.76. The highest BCUT2D eigenvalue weighted by atomic mass is 35.5. The number of thioether (sulfide) groups is 1. The predicted molar refractivity (Wildman–Crippen MR) is 176 cm³/mol. The summed E-state index contributed by atoms with van der Waals surface area (Å²) in [5, 5.41) is 7.88. The molecule has 44 heavy (non-hydrogen) atoms. The second kappa shape index (κ2) is 18.3. The number of methoxy groups -OCH3 is 1. The number of ether oxygens (including phenoxy) is 3. The fourth-order valence-corrected chi connectivity index (χ4v) is 5.24. The third-order valence-electron chi connectivity index (χ3n) is 5.94. The molecule has 3 N–H and O–H groups in total. The van der Waals surface area contributed by atoms with E-state index in [9.17, 15) is 24.0 Å². The van der Waals surface area contributed by atoms with E-state index in [1.807, 2.05) is 13.8 Å². The normalized spacial score (nSPS) is 13.7. The first-order valence-electron chi connectivity index (χ1n) is 14.5. The first-order chi connectivity index (χ1) is 20.3. The fourth-order valence-electron chi connectivity index (χ4n) is 3.71. The number of amides is 3. The number of benzene rings is 1. The Balaban J connectivity index is 3.06. The Hall–Kier alpha value is -2.77. The Morgan fingerprint density at radius 2 is 1.48 bits per heavy atom. The lowest BCUT2D eigenvalue weighted by atomic mass is 10.0. The number of carbonyl (C=O) groups excluding carboxylic acids is 5. The van der Waals surface area contributed by atoms with Gasteiger partial charge in [0, 0.05) is 25.3 Å². The van der Waals surface area contributed by atoms with Crippen LogP contribution in [0.4, 0.5) is 9.59 Å². The molecule has 0 aliphatic carbocycles. The Bertz CT molecular complexity index is 1120. The molecule has 1 aromatic carbocycles. The van der Waals surface area contributed by atoms with Gasteiger partial charge in [0.2, 0.25) is 11.8 Å². The summed E-state index contributed by atoms with van der Waals surface area (Å²) in [7, 11) is -0.218. The van der Waals surface area contributed by atoms with Gasteiger partial charge in [-0.05, 0) is 68.6 Å². The van der Waals surface area contributed by atoms with Crippen LogP contribution < -0.4 is 16.0 Å². The van der Waals surface area contributed by atoms with E-state index in [1.165, 1.54) is 7.11 Å². The highest BCUT2D eigenvalue weighted by Gasteiger charge is 2.32. The molecule has 0 spiro atoms. The molecule has 0 saturated carbocycles. The highest BCUT2D eigenvalue weighted by Crippen LogP contribution is 2.15. The number of hydrogen-bond donors (Lipinski definition) is 3. The van der Waals surface area contributed by atoms with E-state index in [0.29, 0.717) is 5.02 Å². The molecule has 248 valence electrons. The van der Waals surface area contributed by atoms with Gasteiger partial charge in [-0.15, -0.1) is 0 Å². The van der Waals surface area contributed by atoms with Crippen molar-refractivity contribution in [2.75, 3.05) is 19.5 Å². The lowest BCUT2D eigenvalue weighted by Crippen LogP contribution is -2.57. The number of hydrogen-bond acceptors (Lipinski definition) is 9. The third-order valence-corrected chi connectivity index (χ3v) is 8.75. The topological polar surface area (TPSA) is 149 Å². The van der Waals surface area contributed by atoms with Crippen LogP contribution in [0, 0.1) is 5.92 Å². The highest BCUT2D eigenvalue weighted by molar-refractivity contribution is 8.13. The monoisotopic (exact) mass is 673 g/mol. The summed E-state index contributed by atoms with van der Waals surface area (Å²) in [5.41, 5.74) is -0.0809. The van der Waals surface area contributed by atoms with Crippen LogP contribution in [0.15, 0.2) is 24.3 Å². The summed E-state index contributed by atoms with van der Waals surface area (Å²) in [6, 6.07) is 4.28. The first-order valence-corrected chi connectivity index (χ1v) is 19.6. The quantitative estimate of drug-likeness (QED) is 0.130. The average molecular weight is 674 g/mol. The zero-order valence-electron chi connectivity index (χ0n) is 27.2. The minimum absolute atomic E-state index is 0.0214. The van der Waals surface area contributed by atoms with Crippen LogP contribution >= 0.6 is 23.4 Å². The Kier molecular flexibility index (Phi) is 16.3. The minimum Gasteiger partial charge on any atom is -0.467 e. The van der Waals surface area contributed by atoms with Gasteiger partial charge in [-0.3, -0.25) is 9.59 Å². The maximum Gasteiger partial charge on any atom is 0.408 e. The molecule has 0 fully saturated rings. The molecule has 0 unspecified atom stereocenters. The van der Waals surface area contributed by atoms with Crippen molar-refractivity contribution in [1.29, 1.82) is 0 Å². The Morgan fingerprint density at radius 3 is 2.00 bits per heavy atom. The van der Waals surface area contributed by atoms with Crippen molar-refractivity contribution in [1.82, 2.24) is 16.0 Å². The largest absolute Gasteiger partial charge is 0.467 e. The minimum atomic E-state index is -1.39. The predicted octanol–water partition coefficient (Wildman–Crippen LogP) is 5.17. The van der Waals surface area contributed by atoms with Crippen LogP contribution in [0.25, 0.3) is 0 Å². The van der Waals surface area contributed by atoms with Gasteiger partial charge in [-0.25, -0.2) is 14.4 Å². The zero-order valence-corrected chi connectivity index (χ0v) is 29.8. The molecule has 11 nitrogen and oxygen atoms in total. The summed E-state index contributed by atoms with van der Waals surface area (Å²) in [5.74, 6) is -2.15. The van der Waals surface area contributed by atoms with E-state index in [1.54, 1.807) is 45.0 Å². The van der Waals surface area contributed by atoms with Gasteiger partial charge in [-0.2, -0.15) is 0 Å². The van der Waals surface area contributed by atoms with Crippen LogP contribution in [0.1, 0.15) is 46.6 Å². The number of nitrogens with one attached hydrogen (secondary N) is 3. The maximum absolute atomic E-state index is 13.5. The average Bonchev–Trinajstić information content (AvgIpc) is 2.88. The van der Waals surface area contributed by atoms with Gasteiger partial charge >= 0.3 is 17.4 Å². The van der Waals surface area contributed by atoms with E-state index in [0.717, 1.165) is 23.4 Å². The number of alkyl carbamates (subject to hydrolysis) is 1. The van der Waals surface area contributed by atoms with E-state index in [4.69, 9.17) is 25.8 Å². The lowest BCUT2D eigenvalue weighted by molar-refractivity contribution is -0.144. The Morgan fingerprint density at radius 1 is 0.909 bits per heavy atom. The summed E-state index contributed by atoms with van der Waals surface area (Å²) < 4.78 is 15.5. The molecule has 1 rings (SSSR count). The molecule has 0 aromatic heterocycles. The van der Waals surface area contributed by atoms with Crippen LogP contribution in [0.2, 0.25) is 30.7 Å². The molecule has 3 atom stereocenters. The van der Waals surface area contributed by atoms with Gasteiger partial charge in [0.15, 0.2) is 0 Å². The molecule has 14 heteroatoms. The SMILES string of the molecule is COC(=O)[C@H](CSC(=O)OCC[Si](C)(C)C)NC(=O)[C@H](CC(C)C)NC(=O)[C@H](Cc1ccc(Cl)cc1)NC(=O)OC(C)(C)C. The first kappa shape index (κ1) is 39.3. The Labute approximate surface area is 271 Å². The number of halogens is 1. The number of esters is 1. The van der Waals surface area contributed by atoms with Crippen LogP contribution in [-0.2, 0) is 35.0 Å². The molecular weight excluding hydrogens is 626 g/mol. The molecular formula is C30H48ClN3O8SSi. The molecule has 0 radical (unpaired) electrons. The van der Waals surface area contributed by atoms with Crippen molar-refractivity contribution in [2.24, 2.45) is 5.92 Å². The molecule has 1 aromatic rings. The summed E-state index contributed by atoms with van der Waals surface area (Å²) in [4.78, 5) is 64.3. The number of carbonyl (C=O) groups is 5. The summed E-state index contributed by atoms with van der Waals surface area (Å²) in [6.45, 7) is 15.6. The summed E-state index contributed by atoms with van der Waals surface area (Å²) in [6.07, 6.45) is -0.465. The van der Waals surface area contributed by atoms with Crippen molar-refractivity contribution in [3.63, 3.8) is 0 Å².